The monoisotopic (exact) mass is 223 g/mol. The number of nitrogens with zero attached hydrogens (tertiary/aromatic N) is 2. The number of aromatic nitrogens is 2. The van der Waals surface area contributed by atoms with E-state index >= 15 is 0 Å². The van der Waals surface area contributed by atoms with Crippen LogP contribution in [0.1, 0.15) is 59.2 Å². The highest BCUT2D eigenvalue weighted by molar-refractivity contribution is 5.18. The first kappa shape index (κ1) is 11.6. The minimum Gasteiger partial charge on any atom is -0.339 e. The summed E-state index contributed by atoms with van der Waals surface area (Å²) >= 11 is 0. The Labute approximate surface area is 96.6 Å². The first-order chi connectivity index (χ1) is 7.17. The Balaban J connectivity index is 2.32. The molecule has 1 aliphatic carbocycles. The molecular formula is C12H21N3O. The van der Waals surface area contributed by atoms with Gasteiger partial charge in [-0.1, -0.05) is 12.1 Å². The maximum Gasteiger partial charge on any atom is 0.234 e. The number of nitrogens with two attached hydrogens (primary N) is 1. The molecule has 4 nitrogen and oxygen atoms in total. The second kappa shape index (κ2) is 3.06. The lowest BCUT2D eigenvalue weighted by Gasteiger charge is -2.34. The third-order valence-electron chi connectivity index (χ3n) is 4.11. The summed E-state index contributed by atoms with van der Waals surface area (Å²) < 4.78 is 5.38. The zero-order valence-electron chi connectivity index (χ0n) is 10.8. The van der Waals surface area contributed by atoms with Crippen LogP contribution in [0.4, 0.5) is 0 Å². The summed E-state index contributed by atoms with van der Waals surface area (Å²) in [6, 6.07) is 0. The van der Waals surface area contributed by atoms with Gasteiger partial charge >= 0.3 is 0 Å². The zero-order chi connectivity index (χ0) is 12.2. The smallest absolute Gasteiger partial charge is 0.234 e. The molecule has 1 fully saturated rings. The van der Waals surface area contributed by atoms with E-state index in [9.17, 15) is 0 Å². The van der Waals surface area contributed by atoms with E-state index in [0.717, 1.165) is 18.7 Å². The van der Waals surface area contributed by atoms with E-state index in [-0.39, 0.29) is 16.4 Å². The van der Waals surface area contributed by atoms with Crippen molar-refractivity contribution in [2.45, 2.75) is 63.8 Å². The van der Waals surface area contributed by atoms with Crippen LogP contribution in [0.25, 0.3) is 0 Å². The summed E-state index contributed by atoms with van der Waals surface area (Å²) in [6.07, 6.45) is 2.30. The molecular weight excluding hydrogens is 202 g/mol. The van der Waals surface area contributed by atoms with Crippen molar-refractivity contribution in [3.05, 3.63) is 11.7 Å². The van der Waals surface area contributed by atoms with E-state index in [4.69, 9.17) is 10.3 Å². The van der Waals surface area contributed by atoms with Crippen molar-refractivity contribution in [3.8, 4) is 0 Å². The molecule has 0 bridgehead atoms. The highest BCUT2D eigenvalue weighted by Crippen LogP contribution is 2.46. The maximum absolute atomic E-state index is 6.15. The average molecular weight is 223 g/mol. The van der Waals surface area contributed by atoms with E-state index in [0.29, 0.717) is 5.89 Å². The van der Waals surface area contributed by atoms with Gasteiger partial charge in [-0.3, -0.25) is 0 Å². The SMILES string of the molecule is CC1(c2noc(C(C)(C)C(C)(C)N)n2)CC1. The summed E-state index contributed by atoms with van der Waals surface area (Å²) in [5, 5.41) is 4.09. The third-order valence-corrected chi connectivity index (χ3v) is 4.11. The van der Waals surface area contributed by atoms with Gasteiger partial charge < -0.3 is 10.3 Å². The first-order valence-electron chi connectivity index (χ1n) is 5.80. The summed E-state index contributed by atoms with van der Waals surface area (Å²) in [7, 11) is 0. The van der Waals surface area contributed by atoms with E-state index in [1.54, 1.807) is 0 Å². The quantitative estimate of drug-likeness (QED) is 0.852. The van der Waals surface area contributed by atoms with E-state index in [1.165, 1.54) is 0 Å². The average Bonchev–Trinajstić information content (AvgIpc) is 2.71. The number of hydrogen-bond acceptors (Lipinski definition) is 4. The lowest BCUT2D eigenvalue weighted by molar-refractivity contribution is 0.222. The van der Waals surface area contributed by atoms with Crippen molar-refractivity contribution < 1.29 is 4.52 Å². The van der Waals surface area contributed by atoms with Gasteiger partial charge in [-0.2, -0.15) is 4.98 Å². The van der Waals surface area contributed by atoms with Gasteiger partial charge in [-0.25, -0.2) is 0 Å². The van der Waals surface area contributed by atoms with Crippen molar-refractivity contribution in [3.63, 3.8) is 0 Å². The van der Waals surface area contributed by atoms with Gasteiger partial charge in [0.05, 0.1) is 5.41 Å². The predicted molar refractivity (Wildman–Crippen MR) is 62.2 cm³/mol. The van der Waals surface area contributed by atoms with Gasteiger partial charge in [0, 0.05) is 11.0 Å². The Bertz CT molecular complexity index is 397. The molecule has 0 amide bonds. The molecule has 0 spiro atoms. The topological polar surface area (TPSA) is 64.9 Å². The van der Waals surface area contributed by atoms with Crippen LogP contribution in [-0.2, 0) is 10.8 Å². The molecule has 0 unspecified atom stereocenters. The van der Waals surface area contributed by atoms with Crippen LogP contribution in [0, 0.1) is 0 Å². The van der Waals surface area contributed by atoms with Gasteiger partial charge in [0.15, 0.2) is 5.82 Å². The number of hydrogen-bond donors (Lipinski definition) is 1. The molecule has 1 aromatic heterocycles. The summed E-state index contributed by atoms with van der Waals surface area (Å²) in [5.74, 6) is 1.47. The van der Waals surface area contributed by atoms with Crippen molar-refractivity contribution in [2.24, 2.45) is 5.73 Å². The zero-order valence-corrected chi connectivity index (χ0v) is 10.8. The molecule has 0 aromatic carbocycles. The van der Waals surface area contributed by atoms with Gasteiger partial charge in [0.2, 0.25) is 5.89 Å². The molecule has 2 rings (SSSR count). The third kappa shape index (κ3) is 1.65. The lowest BCUT2D eigenvalue weighted by Crippen LogP contribution is -2.50. The normalized spacial score (nSPS) is 19.9. The van der Waals surface area contributed by atoms with Crippen LogP contribution in [0.15, 0.2) is 4.52 Å². The first-order valence-corrected chi connectivity index (χ1v) is 5.80. The second-order valence-corrected chi connectivity index (χ2v) is 6.33. The summed E-state index contributed by atoms with van der Waals surface area (Å²) in [5.41, 5.74) is 5.60. The Morgan fingerprint density at radius 1 is 1.25 bits per heavy atom. The molecule has 0 aliphatic heterocycles. The molecule has 1 aromatic rings. The minimum absolute atomic E-state index is 0.149. The molecule has 0 atom stereocenters. The van der Waals surface area contributed by atoms with E-state index < -0.39 is 0 Å². The number of rotatable bonds is 3. The Morgan fingerprint density at radius 2 is 1.81 bits per heavy atom. The van der Waals surface area contributed by atoms with E-state index in [2.05, 4.69) is 17.1 Å². The summed E-state index contributed by atoms with van der Waals surface area (Å²) in [4.78, 5) is 4.52. The fourth-order valence-electron chi connectivity index (χ4n) is 1.41. The van der Waals surface area contributed by atoms with Gasteiger partial charge in [0.1, 0.15) is 0 Å². The highest BCUT2D eigenvalue weighted by Gasteiger charge is 2.46. The molecule has 1 aliphatic rings. The van der Waals surface area contributed by atoms with Crippen LogP contribution in [0.2, 0.25) is 0 Å². The summed E-state index contributed by atoms with van der Waals surface area (Å²) in [6.45, 7) is 10.2. The molecule has 1 heterocycles. The van der Waals surface area contributed by atoms with Crippen LogP contribution in [0.5, 0.6) is 0 Å². The predicted octanol–water partition coefficient (Wildman–Crippen LogP) is 2.14. The molecule has 1 saturated carbocycles. The van der Waals surface area contributed by atoms with Crippen molar-refractivity contribution in [2.75, 3.05) is 0 Å². The molecule has 90 valence electrons. The van der Waals surface area contributed by atoms with Crippen molar-refractivity contribution in [1.82, 2.24) is 10.1 Å². The molecule has 2 N–H and O–H groups in total. The van der Waals surface area contributed by atoms with Crippen molar-refractivity contribution in [1.29, 1.82) is 0 Å². The van der Waals surface area contributed by atoms with Crippen LogP contribution < -0.4 is 5.73 Å². The standard InChI is InChI=1S/C12H21N3O/c1-10(2,11(3,4)13)9-14-8(15-16-9)12(5)6-7-12/h6-7,13H2,1-5H3. The Kier molecular flexibility index (Phi) is 2.22. The highest BCUT2D eigenvalue weighted by atomic mass is 16.5. The fourth-order valence-corrected chi connectivity index (χ4v) is 1.41. The molecule has 0 radical (unpaired) electrons. The van der Waals surface area contributed by atoms with Crippen LogP contribution >= 0.6 is 0 Å². The molecule has 4 heteroatoms. The van der Waals surface area contributed by atoms with Gasteiger partial charge in [-0.05, 0) is 40.5 Å². The second-order valence-electron chi connectivity index (χ2n) is 6.33. The van der Waals surface area contributed by atoms with Gasteiger partial charge in [0.25, 0.3) is 0 Å². The Hall–Kier alpha value is -0.900. The largest absolute Gasteiger partial charge is 0.339 e. The lowest BCUT2D eigenvalue weighted by atomic mass is 9.75. The fraction of sp³-hybridized carbons (Fsp3) is 0.833. The van der Waals surface area contributed by atoms with Crippen LogP contribution in [0.3, 0.4) is 0 Å². The minimum atomic E-state index is -0.388. The molecule has 0 saturated heterocycles. The van der Waals surface area contributed by atoms with Crippen molar-refractivity contribution >= 4 is 0 Å². The van der Waals surface area contributed by atoms with Crippen LogP contribution in [-0.4, -0.2) is 15.7 Å². The van der Waals surface area contributed by atoms with Gasteiger partial charge in [-0.15, -0.1) is 0 Å². The van der Waals surface area contributed by atoms with E-state index in [1.807, 2.05) is 27.7 Å². The maximum atomic E-state index is 6.15. The Morgan fingerprint density at radius 3 is 2.25 bits per heavy atom. The molecule has 16 heavy (non-hydrogen) atoms.